The predicted octanol–water partition coefficient (Wildman–Crippen LogP) is 0.378. The van der Waals surface area contributed by atoms with Crippen LogP contribution in [0.2, 0.25) is 0 Å². The molecule has 152 valence electrons. The van der Waals surface area contributed by atoms with Crippen molar-refractivity contribution in [3.63, 3.8) is 0 Å². The van der Waals surface area contributed by atoms with E-state index in [9.17, 15) is 24.6 Å². The number of carboxylic acids is 1. The molecule has 29 heavy (non-hydrogen) atoms. The van der Waals surface area contributed by atoms with Gasteiger partial charge in [0, 0.05) is 25.5 Å². The van der Waals surface area contributed by atoms with E-state index in [1.54, 1.807) is 23.3 Å². The molecule has 0 aromatic carbocycles. The summed E-state index contributed by atoms with van der Waals surface area (Å²) in [4.78, 5) is 42.5. The number of hydrogen-bond donors (Lipinski definition) is 2. The summed E-state index contributed by atoms with van der Waals surface area (Å²) in [7, 11) is 0. The topological polar surface area (TPSA) is 125 Å². The van der Waals surface area contributed by atoms with Crippen molar-refractivity contribution >= 4 is 11.9 Å². The van der Waals surface area contributed by atoms with E-state index in [4.69, 9.17) is 4.74 Å². The lowest BCUT2D eigenvalue weighted by atomic mass is 10.1. The van der Waals surface area contributed by atoms with Crippen molar-refractivity contribution in [3.05, 3.63) is 57.8 Å². The number of amides is 1. The summed E-state index contributed by atoms with van der Waals surface area (Å²) in [6, 6.07) is 5.38. The number of rotatable bonds is 5. The van der Waals surface area contributed by atoms with Crippen LogP contribution in [0.15, 0.2) is 35.4 Å². The molecule has 2 aliphatic rings. The molecule has 10 nitrogen and oxygen atoms in total. The average Bonchev–Trinajstić information content (AvgIpc) is 3.21. The third-order valence-electron chi connectivity index (χ3n) is 5.04. The smallest absolute Gasteiger partial charge is 0.341 e. The summed E-state index contributed by atoms with van der Waals surface area (Å²) in [6.07, 6.45) is 4.31. The molecule has 2 aromatic rings. The van der Waals surface area contributed by atoms with Crippen molar-refractivity contribution in [2.24, 2.45) is 0 Å². The minimum absolute atomic E-state index is 0.116. The van der Waals surface area contributed by atoms with Gasteiger partial charge in [0.15, 0.2) is 11.4 Å². The Morgan fingerprint density at radius 2 is 2.14 bits per heavy atom. The highest BCUT2D eigenvalue weighted by Gasteiger charge is 2.36. The Bertz CT molecular complexity index is 1000. The van der Waals surface area contributed by atoms with E-state index in [0.29, 0.717) is 18.8 Å². The Balaban J connectivity index is 1.77. The Kier molecular flexibility index (Phi) is 4.93. The Hall–Kier alpha value is -3.40. The molecular weight excluding hydrogens is 380 g/mol. The SMILES string of the molecule is O=C(O)c1cn2c(c(O)c1=O)C(=O)N(C[C@@H]1CCCO1)CN2Cc1ccccn1. The van der Waals surface area contributed by atoms with Gasteiger partial charge in [0.25, 0.3) is 5.91 Å². The lowest BCUT2D eigenvalue weighted by Gasteiger charge is -2.40. The predicted molar refractivity (Wildman–Crippen MR) is 100 cm³/mol. The fourth-order valence-corrected chi connectivity index (χ4v) is 3.62. The third kappa shape index (κ3) is 3.54. The number of carbonyl (C=O) groups excluding carboxylic acids is 1. The normalized spacial score (nSPS) is 18.8. The number of carboxylic acid groups (broad SMARTS) is 1. The molecule has 2 aromatic heterocycles. The summed E-state index contributed by atoms with van der Waals surface area (Å²) < 4.78 is 6.86. The van der Waals surface area contributed by atoms with Gasteiger partial charge in [0.2, 0.25) is 5.43 Å². The van der Waals surface area contributed by atoms with Gasteiger partial charge in [0.1, 0.15) is 12.2 Å². The Labute approximate surface area is 165 Å². The van der Waals surface area contributed by atoms with Gasteiger partial charge in [-0.25, -0.2) is 4.79 Å². The van der Waals surface area contributed by atoms with Crippen LogP contribution in [0.25, 0.3) is 0 Å². The van der Waals surface area contributed by atoms with Crippen molar-refractivity contribution in [1.29, 1.82) is 0 Å². The van der Waals surface area contributed by atoms with Gasteiger partial charge >= 0.3 is 5.97 Å². The molecule has 1 fully saturated rings. The van der Waals surface area contributed by atoms with Crippen molar-refractivity contribution in [3.8, 4) is 5.75 Å². The quantitative estimate of drug-likeness (QED) is 0.738. The summed E-state index contributed by atoms with van der Waals surface area (Å²) >= 11 is 0. The number of ether oxygens (including phenoxy) is 1. The maximum Gasteiger partial charge on any atom is 0.341 e. The first kappa shape index (κ1) is 18.9. The second kappa shape index (κ2) is 7.55. The van der Waals surface area contributed by atoms with Gasteiger partial charge in [-0.3, -0.25) is 24.3 Å². The first-order valence-electron chi connectivity index (χ1n) is 9.23. The van der Waals surface area contributed by atoms with Crippen LogP contribution in [0.3, 0.4) is 0 Å². The monoisotopic (exact) mass is 400 g/mol. The second-order valence-electron chi connectivity index (χ2n) is 7.01. The molecule has 4 rings (SSSR count). The van der Waals surface area contributed by atoms with Crippen LogP contribution in [0.4, 0.5) is 0 Å². The lowest BCUT2D eigenvalue weighted by molar-refractivity contribution is 0.0453. The maximum absolute atomic E-state index is 13.0. The van der Waals surface area contributed by atoms with Crippen molar-refractivity contribution < 1.29 is 24.5 Å². The van der Waals surface area contributed by atoms with Crippen LogP contribution < -0.4 is 10.4 Å². The van der Waals surface area contributed by atoms with Gasteiger partial charge in [-0.2, -0.15) is 0 Å². The van der Waals surface area contributed by atoms with E-state index >= 15 is 0 Å². The number of aromatic hydroxyl groups is 1. The van der Waals surface area contributed by atoms with E-state index in [1.165, 1.54) is 9.58 Å². The average molecular weight is 400 g/mol. The molecule has 2 N–H and O–H groups in total. The highest BCUT2D eigenvalue weighted by molar-refractivity contribution is 5.97. The van der Waals surface area contributed by atoms with E-state index in [-0.39, 0.29) is 25.0 Å². The van der Waals surface area contributed by atoms with Crippen LogP contribution in [0.1, 0.15) is 39.4 Å². The fraction of sp³-hybridized carbons (Fsp3) is 0.368. The minimum Gasteiger partial charge on any atom is -0.502 e. The van der Waals surface area contributed by atoms with Crippen molar-refractivity contribution in [2.45, 2.75) is 25.5 Å². The molecule has 0 bridgehead atoms. The highest BCUT2D eigenvalue weighted by Crippen LogP contribution is 2.24. The maximum atomic E-state index is 13.0. The Morgan fingerprint density at radius 3 is 2.79 bits per heavy atom. The van der Waals surface area contributed by atoms with Crippen LogP contribution >= 0.6 is 0 Å². The highest BCUT2D eigenvalue weighted by atomic mass is 16.5. The molecule has 10 heteroatoms. The third-order valence-corrected chi connectivity index (χ3v) is 5.04. The molecule has 0 unspecified atom stereocenters. The van der Waals surface area contributed by atoms with Crippen LogP contribution in [0.5, 0.6) is 5.75 Å². The summed E-state index contributed by atoms with van der Waals surface area (Å²) in [5.41, 5.74) is -1.29. The van der Waals surface area contributed by atoms with E-state index in [2.05, 4.69) is 4.98 Å². The van der Waals surface area contributed by atoms with E-state index in [0.717, 1.165) is 19.0 Å². The van der Waals surface area contributed by atoms with Gasteiger partial charge < -0.3 is 19.8 Å². The van der Waals surface area contributed by atoms with Crippen molar-refractivity contribution in [1.82, 2.24) is 14.6 Å². The molecule has 1 saturated heterocycles. The molecule has 4 heterocycles. The number of aromatic carboxylic acids is 1. The largest absolute Gasteiger partial charge is 0.502 e. The molecule has 0 aliphatic carbocycles. The van der Waals surface area contributed by atoms with Crippen LogP contribution in [-0.4, -0.2) is 62.6 Å². The number of nitrogens with zero attached hydrogens (tertiary/aromatic N) is 4. The zero-order valence-electron chi connectivity index (χ0n) is 15.5. The van der Waals surface area contributed by atoms with Crippen LogP contribution in [0, 0.1) is 0 Å². The second-order valence-corrected chi connectivity index (χ2v) is 7.01. The fourth-order valence-electron chi connectivity index (χ4n) is 3.62. The molecule has 1 amide bonds. The van der Waals surface area contributed by atoms with Gasteiger partial charge in [0.05, 0.1) is 18.3 Å². The van der Waals surface area contributed by atoms with E-state index in [1.807, 2.05) is 6.07 Å². The van der Waals surface area contributed by atoms with Gasteiger partial charge in [-0.1, -0.05) is 6.07 Å². The summed E-state index contributed by atoms with van der Waals surface area (Å²) in [5.74, 6) is -2.91. The van der Waals surface area contributed by atoms with Crippen molar-refractivity contribution in [2.75, 3.05) is 24.8 Å². The lowest BCUT2D eigenvalue weighted by Crippen LogP contribution is -2.55. The molecule has 1 atom stereocenters. The number of hydrogen-bond acceptors (Lipinski definition) is 7. The summed E-state index contributed by atoms with van der Waals surface area (Å²) in [6.45, 7) is 1.31. The van der Waals surface area contributed by atoms with Crippen LogP contribution in [-0.2, 0) is 11.3 Å². The number of carbonyl (C=O) groups is 2. The zero-order chi connectivity index (χ0) is 20.5. The molecule has 0 spiro atoms. The Morgan fingerprint density at radius 1 is 1.31 bits per heavy atom. The van der Waals surface area contributed by atoms with Gasteiger partial charge in [-0.05, 0) is 25.0 Å². The minimum atomic E-state index is -1.48. The molecule has 0 radical (unpaired) electrons. The number of pyridine rings is 2. The van der Waals surface area contributed by atoms with Gasteiger partial charge in [-0.15, -0.1) is 0 Å². The zero-order valence-corrected chi connectivity index (χ0v) is 15.5. The molecule has 2 aliphatic heterocycles. The van der Waals surface area contributed by atoms with E-state index < -0.39 is 28.6 Å². The first-order chi connectivity index (χ1) is 14.0. The standard InChI is InChI=1S/C19H20N4O6/c24-16-14(19(27)28)10-23-15(17(16)25)18(26)21(9-13-5-3-7-29-13)11-22(23)8-12-4-1-2-6-20-12/h1-2,4,6,10,13,25H,3,5,7-9,11H2,(H,27,28)/t13-/m0/s1. The number of aromatic nitrogens is 2. The molecular formula is C19H20N4O6. The first-order valence-corrected chi connectivity index (χ1v) is 9.23. The molecule has 0 saturated carbocycles. The summed E-state index contributed by atoms with van der Waals surface area (Å²) in [5, 5.41) is 21.3. The number of fused-ring (bicyclic) bond motifs is 1.